The molecule has 1 N–H and O–H groups in total. The van der Waals surface area contributed by atoms with Crippen LogP contribution in [0, 0.1) is 0 Å². The van der Waals surface area contributed by atoms with Crippen molar-refractivity contribution in [2.24, 2.45) is 0 Å². The molecule has 0 aliphatic carbocycles. The lowest BCUT2D eigenvalue weighted by Gasteiger charge is -2.07. The number of rotatable bonds is 6. The zero-order chi connectivity index (χ0) is 11.8. The first-order valence-corrected chi connectivity index (χ1v) is 5.32. The Hall–Kier alpha value is -1.64. The first-order chi connectivity index (χ1) is 7.79. The van der Waals surface area contributed by atoms with Crippen LogP contribution in [-0.2, 0) is 11.2 Å². The molecule has 1 aromatic carbocycles. The molecule has 0 fully saturated rings. The summed E-state index contributed by atoms with van der Waals surface area (Å²) in [5.74, 6) is 0.783. The molecule has 0 atom stereocenters. The molecule has 0 amide bonds. The predicted molar refractivity (Wildman–Crippen MR) is 63.7 cm³/mol. The number of benzene rings is 1. The third kappa shape index (κ3) is 3.50. The van der Waals surface area contributed by atoms with Crippen LogP contribution in [0.3, 0.4) is 0 Å². The maximum absolute atomic E-state index is 9.82. The number of hydrogen-bond acceptors (Lipinski definition) is 3. The number of para-hydroxylation sites is 1. The van der Waals surface area contributed by atoms with Gasteiger partial charge in [0.05, 0.1) is 20.5 Å². The van der Waals surface area contributed by atoms with E-state index in [0.29, 0.717) is 5.75 Å². The van der Waals surface area contributed by atoms with Crippen molar-refractivity contribution in [3.8, 4) is 11.5 Å². The Kier molecular flexibility index (Phi) is 5.26. The molecule has 0 aliphatic heterocycles. The maximum atomic E-state index is 9.82. The van der Waals surface area contributed by atoms with Gasteiger partial charge >= 0.3 is 0 Å². The molecule has 1 rings (SSSR count). The van der Waals surface area contributed by atoms with E-state index in [9.17, 15) is 5.11 Å². The third-order valence-corrected chi connectivity index (χ3v) is 2.35. The number of unbranched alkanes of at least 4 members (excludes halogenated alkanes) is 1. The minimum Gasteiger partial charge on any atom is -0.505 e. The Labute approximate surface area is 96.3 Å². The zero-order valence-electron chi connectivity index (χ0n) is 9.77. The molecule has 0 bridgehead atoms. The molecular formula is C13H18O3. The average molecular weight is 222 g/mol. The van der Waals surface area contributed by atoms with Gasteiger partial charge in [-0.05, 0) is 37.0 Å². The Morgan fingerprint density at radius 2 is 2.12 bits per heavy atom. The number of aryl methyl sites for hydroxylation is 1. The first-order valence-electron chi connectivity index (χ1n) is 5.32. The predicted octanol–water partition coefficient (Wildman–Crippen LogP) is 2.88. The minimum absolute atomic E-state index is 0.251. The number of phenols is 1. The van der Waals surface area contributed by atoms with Crippen LogP contribution in [0.25, 0.3) is 0 Å². The lowest BCUT2D eigenvalue weighted by molar-refractivity contribution is 0.336. The monoisotopic (exact) mass is 222 g/mol. The molecule has 0 aromatic heterocycles. The summed E-state index contributed by atoms with van der Waals surface area (Å²) in [4.78, 5) is 0. The second-order valence-electron chi connectivity index (χ2n) is 3.47. The van der Waals surface area contributed by atoms with Gasteiger partial charge in [-0.3, -0.25) is 0 Å². The van der Waals surface area contributed by atoms with E-state index < -0.39 is 0 Å². The van der Waals surface area contributed by atoms with E-state index in [1.807, 2.05) is 18.2 Å². The summed E-state index contributed by atoms with van der Waals surface area (Å²) in [6.45, 7) is 0. The SMILES string of the molecule is CO/C=C/CCCc1cccc(OC)c1O. The Bertz CT molecular complexity index is 345. The van der Waals surface area contributed by atoms with Crippen LogP contribution in [0.15, 0.2) is 30.5 Å². The second-order valence-corrected chi connectivity index (χ2v) is 3.47. The Balaban J connectivity index is 2.50. The van der Waals surface area contributed by atoms with Crippen LogP contribution in [0.1, 0.15) is 18.4 Å². The van der Waals surface area contributed by atoms with Crippen LogP contribution in [0.5, 0.6) is 11.5 Å². The van der Waals surface area contributed by atoms with Gasteiger partial charge in [0.1, 0.15) is 0 Å². The van der Waals surface area contributed by atoms with Gasteiger partial charge in [0.2, 0.25) is 0 Å². The molecule has 88 valence electrons. The van der Waals surface area contributed by atoms with E-state index in [2.05, 4.69) is 0 Å². The van der Waals surface area contributed by atoms with Gasteiger partial charge in [-0.2, -0.15) is 0 Å². The number of allylic oxidation sites excluding steroid dienone is 1. The van der Waals surface area contributed by atoms with Gasteiger partial charge in [0, 0.05) is 0 Å². The molecule has 3 heteroatoms. The van der Waals surface area contributed by atoms with Crippen LogP contribution < -0.4 is 4.74 Å². The molecule has 0 aliphatic rings. The van der Waals surface area contributed by atoms with Gasteiger partial charge in [-0.1, -0.05) is 12.1 Å². The van der Waals surface area contributed by atoms with E-state index >= 15 is 0 Å². The van der Waals surface area contributed by atoms with Gasteiger partial charge < -0.3 is 14.6 Å². The second kappa shape index (κ2) is 6.77. The van der Waals surface area contributed by atoms with Gasteiger partial charge in [-0.25, -0.2) is 0 Å². The molecule has 1 aromatic rings. The van der Waals surface area contributed by atoms with Crippen molar-refractivity contribution in [2.45, 2.75) is 19.3 Å². The summed E-state index contributed by atoms with van der Waals surface area (Å²) < 4.78 is 9.85. The molecule has 0 radical (unpaired) electrons. The van der Waals surface area contributed by atoms with Crippen molar-refractivity contribution in [3.05, 3.63) is 36.1 Å². The molecule has 0 spiro atoms. The van der Waals surface area contributed by atoms with Crippen molar-refractivity contribution < 1.29 is 14.6 Å². The highest BCUT2D eigenvalue weighted by atomic mass is 16.5. The van der Waals surface area contributed by atoms with Crippen molar-refractivity contribution in [3.63, 3.8) is 0 Å². The smallest absolute Gasteiger partial charge is 0.160 e. The van der Waals surface area contributed by atoms with Gasteiger partial charge in [-0.15, -0.1) is 0 Å². The fourth-order valence-electron chi connectivity index (χ4n) is 1.51. The number of aromatic hydroxyl groups is 1. The standard InChI is InChI=1S/C13H18O3/c1-15-10-5-3-4-7-11-8-6-9-12(16-2)13(11)14/h5-6,8-10,14H,3-4,7H2,1-2H3/b10-5+. The maximum Gasteiger partial charge on any atom is 0.160 e. The normalized spacial score (nSPS) is 10.6. The van der Waals surface area contributed by atoms with Crippen molar-refractivity contribution in [1.29, 1.82) is 0 Å². The molecule has 0 saturated heterocycles. The summed E-state index contributed by atoms with van der Waals surface area (Å²) in [6.07, 6.45) is 6.38. The molecule has 0 heterocycles. The fourth-order valence-corrected chi connectivity index (χ4v) is 1.51. The van der Waals surface area contributed by atoms with E-state index in [1.54, 1.807) is 26.5 Å². The van der Waals surface area contributed by atoms with E-state index in [4.69, 9.17) is 9.47 Å². The summed E-state index contributed by atoms with van der Waals surface area (Å²) in [6, 6.07) is 5.56. The lowest BCUT2D eigenvalue weighted by Crippen LogP contribution is -1.90. The zero-order valence-corrected chi connectivity index (χ0v) is 9.77. The van der Waals surface area contributed by atoms with Crippen molar-refractivity contribution in [1.82, 2.24) is 0 Å². The highest BCUT2D eigenvalue weighted by molar-refractivity contribution is 5.45. The molecule has 0 unspecified atom stereocenters. The Morgan fingerprint density at radius 3 is 2.81 bits per heavy atom. The highest BCUT2D eigenvalue weighted by Crippen LogP contribution is 2.30. The van der Waals surface area contributed by atoms with Gasteiger partial charge in [0.25, 0.3) is 0 Å². The van der Waals surface area contributed by atoms with E-state index in [-0.39, 0.29) is 5.75 Å². The number of ether oxygens (including phenoxy) is 2. The van der Waals surface area contributed by atoms with Crippen molar-refractivity contribution in [2.75, 3.05) is 14.2 Å². The summed E-state index contributed by atoms with van der Waals surface area (Å²) >= 11 is 0. The average Bonchev–Trinajstić information content (AvgIpc) is 2.31. The summed E-state index contributed by atoms with van der Waals surface area (Å²) in [5.41, 5.74) is 0.921. The van der Waals surface area contributed by atoms with Crippen LogP contribution >= 0.6 is 0 Å². The molecular weight excluding hydrogens is 204 g/mol. The topological polar surface area (TPSA) is 38.7 Å². The first kappa shape index (κ1) is 12.4. The third-order valence-electron chi connectivity index (χ3n) is 2.35. The number of hydrogen-bond donors (Lipinski definition) is 1. The molecule has 16 heavy (non-hydrogen) atoms. The molecule has 0 saturated carbocycles. The largest absolute Gasteiger partial charge is 0.505 e. The van der Waals surface area contributed by atoms with Crippen molar-refractivity contribution >= 4 is 0 Å². The van der Waals surface area contributed by atoms with Crippen LogP contribution in [0.4, 0.5) is 0 Å². The fraction of sp³-hybridized carbons (Fsp3) is 0.385. The summed E-state index contributed by atoms with van der Waals surface area (Å²) in [5, 5.41) is 9.82. The van der Waals surface area contributed by atoms with Crippen LogP contribution in [-0.4, -0.2) is 19.3 Å². The highest BCUT2D eigenvalue weighted by Gasteiger charge is 2.05. The quantitative estimate of drug-likeness (QED) is 0.594. The number of phenolic OH excluding ortho intramolecular Hbond substituents is 1. The molecule has 3 nitrogen and oxygen atoms in total. The minimum atomic E-state index is 0.251. The van der Waals surface area contributed by atoms with Gasteiger partial charge in [0.15, 0.2) is 11.5 Å². The van der Waals surface area contributed by atoms with Crippen LogP contribution in [0.2, 0.25) is 0 Å². The van der Waals surface area contributed by atoms with E-state index in [0.717, 1.165) is 24.8 Å². The van der Waals surface area contributed by atoms with E-state index in [1.165, 1.54) is 0 Å². The number of methoxy groups -OCH3 is 2. The summed E-state index contributed by atoms with van der Waals surface area (Å²) in [7, 11) is 3.19. The lowest BCUT2D eigenvalue weighted by atomic mass is 10.1. The Morgan fingerprint density at radius 1 is 1.31 bits per heavy atom.